The highest BCUT2D eigenvalue weighted by Gasteiger charge is 2.45. The molecular weight excluding hydrogens is 331 g/mol. The Labute approximate surface area is 144 Å². The molecule has 1 aromatic carbocycles. The van der Waals surface area contributed by atoms with E-state index in [2.05, 4.69) is 0 Å². The summed E-state index contributed by atoms with van der Waals surface area (Å²) >= 11 is 0. The maximum Gasteiger partial charge on any atom is 0.348 e. The summed E-state index contributed by atoms with van der Waals surface area (Å²) in [6.45, 7) is 2.58. The lowest BCUT2D eigenvalue weighted by atomic mass is 9.91. The first-order valence-electron chi connectivity index (χ1n) is 8.30. The summed E-state index contributed by atoms with van der Waals surface area (Å²) in [4.78, 5) is 27.6. The van der Waals surface area contributed by atoms with Crippen molar-refractivity contribution in [2.24, 2.45) is 0 Å². The number of morpholine rings is 1. The van der Waals surface area contributed by atoms with Gasteiger partial charge in [0, 0.05) is 39.0 Å². The van der Waals surface area contributed by atoms with Crippen molar-refractivity contribution >= 4 is 12.0 Å². The third kappa shape index (κ3) is 3.68. The fourth-order valence-electron chi connectivity index (χ4n) is 3.11. The number of nitrogens with zero attached hydrogens (tertiary/aromatic N) is 2. The number of piperidine rings is 1. The van der Waals surface area contributed by atoms with Crippen molar-refractivity contribution in [3.63, 3.8) is 0 Å². The van der Waals surface area contributed by atoms with Gasteiger partial charge in [0.1, 0.15) is 0 Å². The van der Waals surface area contributed by atoms with Gasteiger partial charge in [-0.15, -0.1) is 0 Å². The van der Waals surface area contributed by atoms with E-state index in [4.69, 9.17) is 9.47 Å². The number of hydrogen-bond donors (Lipinski definition) is 1. The first-order chi connectivity index (χ1) is 12.0. The quantitative estimate of drug-likeness (QED) is 0.893. The first kappa shape index (κ1) is 17.5. The maximum absolute atomic E-state index is 13.8. The number of likely N-dealkylation sites (tertiary alicyclic amines) is 1. The molecule has 0 atom stereocenters. The predicted octanol–water partition coefficient (Wildman–Crippen LogP) is 1.58. The number of carbonyl (C=O) groups is 2. The molecule has 3 rings (SSSR count). The Morgan fingerprint density at radius 3 is 2.28 bits per heavy atom. The van der Waals surface area contributed by atoms with E-state index < -0.39 is 17.4 Å². The molecule has 0 radical (unpaired) electrons. The van der Waals surface area contributed by atoms with Crippen LogP contribution in [0.5, 0.6) is 5.75 Å². The monoisotopic (exact) mass is 352 g/mol. The number of rotatable bonds is 3. The van der Waals surface area contributed by atoms with E-state index in [0.29, 0.717) is 26.3 Å². The van der Waals surface area contributed by atoms with Crippen molar-refractivity contribution in [3.05, 3.63) is 30.1 Å². The zero-order valence-corrected chi connectivity index (χ0v) is 13.8. The lowest BCUT2D eigenvalue weighted by Crippen LogP contribution is -2.57. The predicted molar refractivity (Wildman–Crippen MR) is 86.0 cm³/mol. The second-order valence-electron chi connectivity index (χ2n) is 6.20. The fourth-order valence-corrected chi connectivity index (χ4v) is 3.11. The molecule has 0 aliphatic carbocycles. The average molecular weight is 352 g/mol. The molecule has 136 valence electrons. The molecule has 2 amide bonds. The number of carbonyl (C=O) groups excluding carboxylic acids is 1. The molecule has 1 N–H and O–H groups in total. The number of aliphatic carboxylic acids is 1. The number of benzene rings is 1. The highest BCUT2D eigenvalue weighted by molar-refractivity contribution is 5.79. The highest BCUT2D eigenvalue weighted by atomic mass is 19.1. The third-order valence-electron chi connectivity index (χ3n) is 4.65. The molecule has 8 heteroatoms. The molecule has 7 nitrogen and oxygen atoms in total. The number of carboxylic acids is 1. The Balaban J connectivity index is 1.67. The van der Waals surface area contributed by atoms with Crippen LogP contribution in [0.2, 0.25) is 0 Å². The topological polar surface area (TPSA) is 79.3 Å². The van der Waals surface area contributed by atoms with Gasteiger partial charge in [-0.3, -0.25) is 0 Å². The van der Waals surface area contributed by atoms with Gasteiger partial charge in [0.2, 0.25) is 5.60 Å². The minimum atomic E-state index is -1.52. The molecule has 2 saturated heterocycles. The van der Waals surface area contributed by atoms with E-state index in [1.165, 1.54) is 18.2 Å². The summed E-state index contributed by atoms with van der Waals surface area (Å²) in [5, 5.41) is 9.64. The largest absolute Gasteiger partial charge is 0.478 e. The number of amides is 2. The van der Waals surface area contributed by atoms with E-state index in [-0.39, 0.29) is 37.7 Å². The van der Waals surface area contributed by atoms with Crippen molar-refractivity contribution in [1.82, 2.24) is 9.80 Å². The van der Waals surface area contributed by atoms with Crippen LogP contribution < -0.4 is 4.74 Å². The van der Waals surface area contributed by atoms with Gasteiger partial charge < -0.3 is 24.4 Å². The van der Waals surface area contributed by atoms with Gasteiger partial charge in [-0.1, -0.05) is 12.1 Å². The van der Waals surface area contributed by atoms with Crippen LogP contribution >= 0.6 is 0 Å². The van der Waals surface area contributed by atoms with E-state index in [0.717, 1.165) is 0 Å². The molecular formula is C17H21FN2O5. The molecule has 0 aromatic heterocycles. The fraction of sp³-hybridized carbons (Fsp3) is 0.529. The zero-order valence-electron chi connectivity index (χ0n) is 13.8. The Bertz CT molecular complexity index is 640. The van der Waals surface area contributed by atoms with Crippen LogP contribution in [-0.2, 0) is 9.53 Å². The van der Waals surface area contributed by atoms with Gasteiger partial charge in [-0.25, -0.2) is 14.0 Å². The summed E-state index contributed by atoms with van der Waals surface area (Å²) < 4.78 is 24.6. The molecule has 2 fully saturated rings. The number of urea groups is 1. The van der Waals surface area contributed by atoms with Crippen LogP contribution in [0.1, 0.15) is 12.8 Å². The molecule has 2 heterocycles. The Hall–Kier alpha value is -2.35. The molecule has 0 bridgehead atoms. The second-order valence-corrected chi connectivity index (χ2v) is 6.20. The SMILES string of the molecule is O=C(N1CCOCC1)N1CCC(Oc2ccccc2F)(C(=O)O)CC1. The van der Waals surface area contributed by atoms with Crippen LogP contribution in [-0.4, -0.2) is 71.9 Å². The minimum Gasteiger partial charge on any atom is -0.478 e. The van der Waals surface area contributed by atoms with Gasteiger partial charge in [0.05, 0.1) is 13.2 Å². The Morgan fingerprint density at radius 1 is 1.08 bits per heavy atom. The third-order valence-corrected chi connectivity index (χ3v) is 4.65. The van der Waals surface area contributed by atoms with E-state index in [1.807, 2.05) is 0 Å². The standard InChI is InChI=1S/C17H21FN2O5/c18-13-3-1-2-4-14(13)25-17(15(21)22)5-7-19(8-6-17)16(23)20-9-11-24-12-10-20/h1-4H,5-12H2,(H,21,22). The number of para-hydroxylation sites is 1. The van der Waals surface area contributed by atoms with Gasteiger partial charge in [-0.05, 0) is 12.1 Å². The van der Waals surface area contributed by atoms with Crippen LogP contribution in [0.4, 0.5) is 9.18 Å². The summed E-state index contributed by atoms with van der Waals surface area (Å²) in [5.74, 6) is -1.83. The van der Waals surface area contributed by atoms with Crippen molar-refractivity contribution in [2.75, 3.05) is 39.4 Å². The normalized spacial score (nSPS) is 20.2. The van der Waals surface area contributed by atoms with Gasteiger partial charge in [0.15, 0.2) is 11.6 Å². The number of halogens is 1. The van der Waals surface area contributed by atoms with E-state index in [1.54, 1.807) is 15.9 Å². The first-order valence-corrected chi connectivity index (χ1v) is 8.30. The highest BCUT2D eigenvalue weighted by Crippen LogP contribution is 2.31. The van der Waals surface area contributed by atoms with Crippen LogP contribution in [0, 0.1) is 5.82 Å². The van der Waals surface area contributed by atoms with Crippen LogP contribution in [0.15, 0.2) is 24.3 Å². The number of ether oxygens (including phenoxy) is 2. The Morgan fingerprint density at radius 2 is 1.68 bits per heavy atom. The summed E-state index contributed by atoms with van der Waals surface area (Å²) in [6.07, 6.45) is 0.208. The van der Waals surface area contributed by atoms with Crippen molar-refractivity contribution in [3.8, 4) is 5.75 Å². The van der Waals surface area contributed by atoms with Crippen molar-refractivity contribution in [2.45, 2.75) is 18.4 Å². The van der Waals surface area contributed by atoms with Gasteiger partial charge >= 0.3 is 12.0 Å². The lowest BCUT2D eigenvalue weighted by Gasteiger charge is -2.41. The van der Waals surface area contributed by atoms with Gasteiger partial charge in [-0.2, -0.15) is 0 Å². The minimum absolute atomic E-state index is 0.0853. The number of carboxylic acid groups (broad SMARTS) is 1. The average Bonchev–Trinajstić information content (AvgIpc) is 2.64. The summed E-state index contributed by atoms with van der Waals surface area (Å²) in [5.41, 5.74) is -1.52. The molecule has 25 heavy (non-hydrogen) atoms. The maximum atomic E-state index is 13.8. The molecule has 0 unspecified atom stereocenters. The number of hydrogen-bond acceptors (Lipinski definition) is 4. The smallest absolute Gasteiger partial charge is 0.348 e. The molecule has 0 spiro atoms. The van der Waals surface area contributed by atoms with E-state index >= 15 is 0 Å². The molecule has 2 aliphatic heterocycles. The van der Waals surface area contributed by atoms with Crippen LogP contribution in [0.3, 0.4) is 0 Å². The van der Waals surface area contributed by atoms with Crippen molar-refractivity contribution < 1.29 is 28.6 Å². The molecule has 0 saturated carbocycles. The second kappa shape index (κ2) is 7.26. The van der Waals surface area contributed by atoms with E-state index in [9.17, 15) is 19.1 Å². The van der Waals surface area contributed by atoms with Gasteiger partial charge in [0.25, 0.3) is 0 Å². The summed E-state index contributed by atoms with van der Waals surface area (Å²) in [7, 11) is 0. The molecule has 2 aliphatic rings. The van der Waals surface area contributed by atoms with Crippen LogP contribution in [0.25, 0.3) is 0 Å². The Kier molecular flexibility index (Phi) is 5.08. The zero-order chi connectivity index (χ0) is 17.9. The molecule has 1 aromatic rings. The summed E-state index contributed by atoms with van der Waals surface area (Å²) in [6, 6.07) is 5.62. The lowest BCUT2D eigenvalue weighted by molar-refractivity contribution is -0.159. The van der Waals surface area contributed by atoms with Crippen molar-refractivity contribution in [1.29, 1.82) is 0 Å².